The fourth-order valence-electron chi connectivity index (χ4n) is 2.27. The number of hydrogen-bond acceptors (Lipinski definition) is 4. The van der Waals surface area contributed by atoms with Crippen LogP contribution in [0.25, 0.3) is 0 Å². The number of ether oxygens (including phenoxy) is 1. The molecule has 2 aliphatic rings. The molecule has 6 heteroatoms. The van der Waals surface area contributed by atoms with E-state index in [2.05, 4.69) is 10.2 Å². The first kappa shape index (κ1) is 14.7. The van der Waals surface area contributed by atoms with Gasteiger partial charge < -0.3 is 15.0 Å². The number of carbonyl (C=O) groups is 1. The molecule has 2 saturated heterocycles. The van der Waals surface area contributed by atoms with Crippen molar-refractivity contribution in [3.63, 3.8) is 0 Å². The quantitative estimate of drug-likeness (QED) is 0.750. The molecule has 0 aliphatic carbocycles. The molecule has 1 N–H and O–H groups in total. The van der Waals surface area contributed by atoms with E-state index < -0.39 is 0 Å². The SMILES string of the molecule is CN(CC(=O)N1CCOCC1)C1CCNC1.Cl. The molecule has 0 radical (unpaired) electrons. The fourth-order valence-corrected chi connectivity index (χ4v) is 2.27. The molecule has 2 aliphatic heterocycles. The first-order valence-corrected chi connectivity index (χ1v) is 6.04. The zero-order valence-electron chi connectivity index (χ0n) is 10.4. The van der Waals surface area contributed by atoms with E-state index in [1.54, 1.807) is 0 Å². The van der Waals surface area contributed by atoms with Crippen LogP contribution in [0.2, 0.25) is 0 Å². The molecular formula is C11H22ClN3O2. The predicted octanol–water partition coefficient (Wildman–Crippen LogP) is -0.439. The van der Waals surface area contributed by atoms with Gasteiger partial charge in [-0.15, -0.1) is 12.4 Å². The second-order valence-electron chi connectivity index (χ2n) is 4.55. The van der Waals surface area contributed by atoms with Gasteiger partial charge in [0.1, 0.15) is 0 Å². The van der Waals surface area contributed by atoms with Crippen LogP contribution in [0.15, 0.2) is 0 Å². The normalized spacial score (nSPS) is 24.8. The van der Waals surface area contributed by atoms with E-state index in [1.807, 2.05) is 11.9 Å². The lowest BCUT2D eigenvalue weighted by Gasteiger charge is -2.30. The Morgan fingerprint density at radius 1 is 1.47 bits per heavy atom. The van der Waals surface area contributed by atoms with Crippen molar-refractivity contribution in [1.82, 2.24) is 15.1 Å². The lowest BCUT2D eigenvalue weighted by molar-refractivity contribution is -0.136. The maximum Gasteiger partial charge on any atom is 0.236 e. The number of halogens is 1. The summed E-state index contributed by atoms with van der Waals surface area (Å²) >= 11 is 0. The lowest BCUT2D eigenvalue weighted by Crippen LogP contribution is -2.47. The summed E-state index contributed by atoms with van der Waals surface area (Å²) in [5, 5.41) is 3.32. The van der Waals surface area contributed by atoms with Gasteiger partial charge in [-0.3, -0.25) is 9.69 Å². The van der Waals surface area contributed by atoms with E-state index in [1.165, 1.54) is 0 Å². The Labute approximate surface area is 109 Å². The average molecular weight is 264 g/mol. The number of hydrogen-bond donors (Lipinski definition) is 1. The summed E-state index contributed by atoms with van der Waals surface area (Å²) in [4.78, 5) is 16.0. The summed E-state index contributed by atoms with van der Waals surface area (Å²) in [6, 6.07) is 0.519. The van der Waals surface area contributed by atoms with Crippen molar-refractivity contribution in [2.75, 3.05) is 53.0 Å². The van der Waals surface area contributed by atoms with E-state index in [9.17, 15) is 4.79 Å². The minimum atomic E-state index is 0. The molecule has 0 aromatic carbocycles. The Morgan fingerprint density at radius 3 is 2.76 bits per heavy atom. The Morgan fingerprint density at radius 2 is 2.18 bits per heavy atom. The van der Waals surface area contributed by atoms with Crippen molar-refractivity contribution in [2.24, 2.45) is 0 Å². The number of carbonyl (C=O) groups excluding carboxylic acids is 1. The topological polar surface area (TPSA) is 44.8 Å². The van der Waals surface area contributed by atoms with Gasteiger partial charge in [0.05, 0.1) is 19.8 Å². The van der Waals surface area contributed by atoms with E-state index in [0.717, 1.165) is 32.6 Å². The second-order valence-corrected chi connectivity index (χ2v) is 4.55. The van der Waals surface area contributed by atoms with Crippen LogP contribution >= 0.6 is 12.4 Å². The molecule has 2 heterocycles. The first-order valence-electron chi connectivity index (χ1n) is 6.04. The molecule has 2 fully saturated rings. The molecule has 1 unspecified atom stereocenters. The number of rotatable bonds is 3. The van der Waals surface area contributed by atoms with Crippen LogP contribution in [0.5, 0.6) is 0 Å². The summed E-state index contributed by atoms with van der Waals surface area (Å²) in [6.07, 6.45) is 1.15. The largest absolute Gasteiger partial charge is 0.378 e. The van der Waals surface area contributed by atoms with Crippen molar-refractivity contribution in [2.45, 2.75) is 12.5 Å². The molecule has 2 rings (SSSR count). The highest BCUT2D eigenvalue weighted by Gasteiger charge is 2.23. The van der Waals surface area contributed by atoms with Crippen LogP contribution in [0, 0.1) is 0 Å². The van der Waals surface area contributed by atoms with Crippen LogP contribution in [0.3, 0.4) is 0 Å². The smallest absolute Gasteiger partial charge is 0.236 e. The minimum Gasteiger partial charge on any atom is -0.378 e. The third kappa shape index (κ3) is 4.10. The fraction of sp³-hybridized carbons (Fsp3) is 0.909. The third-order valence-electron chi connectivity index (χ3n) is 3.41. The zero-order chi connectivity index (χ0) is 11.4. The molecule has 100 valence electrons. The van der Waals surface area contributed by atoms with Gasteiger partial charge in [-0.25, -0.2) is 0 Å². The molecule has 17 heavy (non-hydrogen) atoms. The number of nitrogens with zero attached hydrogens (tertiary/aromatic N) is 2. The second kappa shape index (κ2) is 7.16. The maximum absolute atomic E-state index is 12.0. The minimum absolute atomic E-state index is 0. The molecular weight excluding hydrogens is 242 g/mol. The molecule has 0 spiro atoms. The molecule has 5 nitrogen and oxygen atoms in total. The van der Waals surface area contributed by atoms with Crippen LogP contribution in [-0.4, -0.2) is 74.7 Å². The van der Waals surface area contributed by atoms with Crippen molar-refractivity contribution in [3.05, 3.63) is 0 Å². The molecule has 0 bridgehead atoms. The van der Waals surface area contributed by atoms with Gasteiger partial charge in [-0.1, -0.05) is 0 Å². The first-order chi connectivity index (χ1) is 7.77. The number of nitrogens with one attached hydrogen (secondary N) is 1. The van der Waals surface area contributed by atoms with Crippen molar-refractivity contribution < 1.29 is 9.53 Å². The van der Waals surface area contributed by atoms with E-state index >= 15 is 0 Å². The van der Waals surface area contributed by atoms with Gasteiger partial charge in [0, 0.05) is 25.7 Å². The monoisotopic (exact) mass is 263 g/mol. The summed E-state index contributed by atoms with van der Waals surface area (Å²) in [5.74, 6) is 0.234. The van der Waals surface area contributed by atoms with Crippen LogP contribution in [-0.2, 0) is 9.53 Å². The Hall–Kier alpha value is -0.360. The van der Waals surface area contributed by atoms with Gasteiger partial charge >= 0.3 is 0 Å². The van der Waals surface area contributed by atoms with Crippen LogP contribution in [0.1, 0.15) is 6.42 Å². The van der Waals surface area contributed by atoms with Crippen LogP contribution in [0.4, 0.5) is 0 Å². The van der Waals surface area contributed by atoms with Crippen LogP contribution < -0.4 is 5.32 Å². The standard InChI is InChI=1S/C11H21N3O2.ClH/c1-13(10-2-3-12-8-10)9-11(15)14-4-6-16-7-5-14;/h10,12H,2-9H2,1H3;1H. The highest BCUT2D eigenvalue weighted by atomic mass is 35.5. The molecule has 0 saturated carbocycles. The van der Waals surface area contributed by atoms with Gasteiger partial charge in [-0.05, 0) is 20.0 Å². The summed E-state index contributed by atoms with van der Waals surface area (Å²) in [5.41, 5.74) is 0. The molecule has 0 aromatic rings. The Kier molecular flexibility index (Phi) is 6.19. The van der Waals surface area contributed by atoms with Gasteiger partial charge in [0.2, 0.25) is 5.91 Å². The number of morpholine rings is 1. The summed E-state index contributed by atoms with van der Waals surface area (Å²) in [6.45, 7) is 5.46. The van der Waals surface area contributed by atoms with E-state index in [0.29, 0.717) is 25.8 Å². The Bertz CT molecular complexity index is 241. The van der Waals surface area contributed by atoms with Crippen molar-refractivity contribution in [3.8, 4) is 0 Å². The zero-order valence-corrected chi connectivity index (χ0v) is 11.2. The van der Waals surface area contributed by atoms with E-state index in [4.69, 9.17) is 4.74 Å². The third-order valence-corrected chi connectivity index (χ3v) is 3.41. The number of amides is 1. The highest BCUT2D eigenvalue weighted by molar-refractivity contribution is 5.85. The van der Waals surface area contributed by atoms with Gasteiger partial charge in [0.15, 0.2) is 0 Å². The average Bonchev–Trinajstić information content (AvgIpc) is 2.83. The summed E-state index contributed by atoms with van der Waals surface area (Å²) in [7, 11) is 2.04. The molecule has 1 atom stereocenters. The van der Waals surface area contributed by atoms with Crippen molar-refractivity contribution >= 4 is 18.3 Å². The Balaban J connectivity index is 0.00000144. The van der Waals surface area contributed by atoms with Gasteiger partial charge in [-0.2, -0.15) is 0 Å². The highest BCUT2D eigenvalue weighted by Crippen LogP contribution is 2.07. The van der Waals surface area contributed by atoms with Gasteiger partial charge in [0.25, 0.3) is 0 Å². The number of likely N-dealkylation sites (N-methyl/N-ethyl adjacent to an activating group) is 1. The predicted molar refractivity (Wildman–Crippen MR) is 68.6 cm³/mol. The molecule has 0 aromatic heterocycles. The lowest BCUT2D eigenvalue weighted by atomic mass is 10.2. The van der Waals surface area contributed by atoms with Crippen molar-refractivity contribution in [1.29, 1.82) is 0 Å². The maximum atomic E-state index is 12.0. The van der Waals surface area contributed by atoms with E-state index in [-0.39, 0.29) is 18.3 Å². The summed E-state index contributed by atoms with van der Waals surface area (Å²) < 4.78 is 5.24. The molecule has 1 amide bonds.